The van der Waals surface area contributed by atoms with E-state index in [9.17, 15) is 9.59 Å². The van der Waals surface area contributed by atoms with E-state index in [-0.39, 0.29) is 13.2 Å². The molecule has 7 nitrogen and oxygen atoms in total. The normalized spacial score (nSPS) is 11.2. The molecular weight excluding hydrogens is 184 g/mol. The largest absolute Gasteiger partial charge is 0.479 e. The number of ether oxygens (including phenoxy) is 1. The first-order valence-corrected chi connectivity index (χ1v) is 3.33. The Morgan fingerprint density at radius 2 is 1.69 bits per heavy atom. The number of carboxylic acid groups (broad SMARTS) is 2. The fraction of sp³-hybridized carbons (Fsp3) is 0.667. The smallest absolute Gasteiger partial charge is 0.350 e. The van der Waals surface area contributed by atoms with E-state index in [0.717, 1.165) is 0 Å². The first-order valence-electron chi connectivity index (χ1n) is 3.33. The van der Waals surface area contributed by atoms with Crippen LogP contribution in [-0.4, -0.2) is 57.8 Å². The van der Waals surface area contributed by atoms with E-state index >= 15 is 0 Å². The van der Waals surface area contributed by atoms with Gasteiger partial charge in [0.1, 0.15) is 0 Å². The number of carbonyl (C=O) groups is 2. The molecule has 0 amide bonds. The van der Waals surface area contributed by atoms with Crippen molar-refractivity contribution in [3.8, 4) is 0 Å². The van der Waals surface area contributed by atoms with Crippen molar-refractivity contribution >= 4 is 11.9 Å². The summed E-state index contributed by atoms with van der Waals surface area (Å²) in [7, 11) is 0. The molecule has 0 atom stereocenters. The Morgan fingerprint density at radius 3 is 2.00 bits per heavy atom. The minimum absolute atomic E-state index is 0.233. The second kappa shape index (κ2) is 4.75. The van der Waals surface area contributed by atoms with Crippen molar-refractivity contribution in [2.45, 2.75) is 5.60 Å². The van der Waals surface area contributed by atoms with Crippen molar-refractivity contribution < 1.29 is 34.8 Å². The van der Waals surface area contributed by atoms with Crippen LogP contribution in [0.3, 0.4) is 0 Å². The lowest BCUT2D eigenvalue weighted by molar-refractivity contribution is -0.182. The standard InChI is InChI=1S/C6H10O7/c7-1-2-13-3-6(12,4(8)9)5(10)11/h7,12H,1-3H2,(H,8,9)(H,10,11). The predicted octanol–water partition coefficient (Wildman–Crippen LogP) is -2.10. The number of rotatable bonds is 6. The maximum atomic E-state index is 10.3. The van der Waals surface area contributed by atoms with Crippen molar-refractivity contribution in [1.82, 2.24) is 0 Å². The minimum Gasteiger partial charge on any atom is -0.479 e. The zero-order valence-electron chi connectivity index (χ0n) is 6.63. The molecule has 0 saturated heterocycles. The molecule has 0 aromatic carbocycles. The van der Waals surface area contributed by atoms with Crippen molar-refractivity contribution in [2.75, 3.05) is 19.8 Å². The molecule has 0 aromatic heterocycles. The lowest BCUT2D eigenvalue weighted by atomic mass is 10.1. The summed E-state index contributed by atoms with van der Waals surface area (Å²) in [5.41, 5.74) is -2.95. The minimum atomic E-state index is -2.95. The van der Waals surface area contributed by atoms with Gasteiger partial charge >= 0.3 is 11.9 Å². The van der Waals surface area contributed by atoms with Gasteiger partial charge in [-0.25, -0.2) is 9.59 Å². The topological polar surface area (TPSA) is 124 Å². The highest BCUT2D eigenvalue weighted by molar-refractivity contribution is 6.01. The van der Waals surface area contributed by atoms with E-state index in [1.807, 2.05) is 0 Å². The Balaban J connectivity index is 4.26. The second-order valence-electron chi connectivity index (χ2n) is 2.25. The van der Waals surface area contributed by atoms with E-state index < -0.39 is 24.1 Å². The summed E-state index contributed by atoms with van der Waals surface area (Å²) >= 11 is 0. The SMILES string of the molecule is O=C(O)C(O)(COCCO)C(=O)O. The van der Waals surface area contributed by atoms with Crippen molar-refractivity contribution in [1.29, 1.82) is 0 Å². The molecule has 0 aliphatic rings. The van der Waals surface area contributed by atoms with Gasteiger partial charge < -0.3 is 25.2 Å². The van der Waals surface area contributed by atoms with Crippen LogP contribution in [0.1, 0.15) is 0 Å². The molecule has 13 heavy (non-hydrogen) atoms. The molecule has 0 aromatic rings. The third kappa shape index (κ3) is 2.98. The molecule has 0 spiro atoms. The van der Waals surface area contributed by atoms with Crippen LogP contribution in [0.2, 0.25) is 0 Å². The fourth-order valence-electron chi connectivity index (χ4n) is 0.499. The summed E-state index contributed by atoms with van der Waals surface area (Å²) in [4.78, 5) is 20.6. The first-order chi connectivity index (χ1) is 5.95. The highest BCUT2D eigenvalue weighted by atomic mass is 16.5. The monoisotopic (exact) mass is 194 g/mol. The Kier molecular flexibility index (Phi) is 4.32. The van der Waals surface area contributed by atoms with Gasteiger partial charge in [0.15, 0.2) is 0 Å². The van der Waals surface area contributed by atoms with Gasteiger partial charge in [0.05, 0.1) is 19.8 Å². The van der Waals surface area contributed by atoms with Gasteiger partial charge in [-0.1, -0.05) is 0 Å². The van der Waals surface area contributed by atoms with Crippen LogP contribution < -0.4 is 0 Å². The maximum absolute atomic E-state index is 10.3. The van der Waals surface area contributed by atoms with Gasteiger partial charge in [-0.2, -0.15) is 0 Å². The molecule has 0 heterocycles. The summed E-state index contributed by atoms with van der Waals surface area (Å²) in [5.74, 6) is -3.81. The number of hydrogen-bond acceptors (Lipinski definition) is 5. The van der Waals surface area contributed by atoms with Crippen LogP contribution in [0.4, 0.5) is 0 Å². The molecule has 0 radical (unpaired) electrons. The average Bonchev–Trinajstić information content (AvgIpc) is 2.03. The molecule has 0 unspecified atom stereocenters. The zero-order chi connectivity index (χ0) is 10.5. The van der Waals surface area contributed by atoms with Crippen molar-refractivity contribution in [2.24, 2.45) is 0 Å². The van der Waals surface area contributed by atoms with E-state index in [1.165, 1.54) is 0 Å². The van der Waals surface area contributed by atoms with Crippen LogP contribution in [0.25, 0.3) is 0 Å². The first kappa shape index (κ1) is 11.8. The molecule has 7 heteroatoms. The van der Waals surface area contributed by atoms with Crippen molar-refractivity contribution in [3.05, 3.63) is 0 Å². The van der Waals surface area contributed by atoms with Gasteiger partial charge in [0, 0.05) is 0 Å². The lowest BCUT2D eigenvalue weighted by Crippen LogP contribution is -2.50. The Bertz CT molecular complexity index is 185. The molecule has 0 saturated carbocycles. The molecule has 76 valence electrons. The summed E-state index contributed by atoms with van der Waals surface area (Å²) in [5, 5.41) is 33.9. The second-order valence-corrected chi connectivity index (χ2v) is 2.25. The number of hydrogen-bond donors (Lipinski definition) is 4. The van der Waals surface area contributed by atoms with Gasteiger partial charge in [-0.05, 0) is 0 Å². The van der Waals surface area contributed by atoms with E-state index in [0.29, 0.717) is 0 Å². The third-order valence-corrected chi connectivity index (χ3v) is 1.25. The number of carboxylic acids is 2. The quantitative estimate of drug-likeness (QED) is 0.282. The Hall–Kier alpha value is -1.18. The summed E-state index contributed by atoms with van der Waals surface area (Å²) in [6.07, 6.45) is 0. The van der Waals surface area contributed by atoms with Crippen LogP contribution in [-0.2, 0) is 14.3 Å². The van der Waals surface area contributed by atoms with E-state index in [1.54, 1.807) is 0 Å². The Labute approximate surface area is 73.2 Å². The van der Waals surface area contributed by atoms with Gasteiger partial charge in [-0.15, -0.1) is 0 Å². The van der Waals surface area contributed by atoms with E-state index in [2.05, 4.69) is 4.74 Å². The number of aliphatic hydroxyl groups is 2. The summed E-state index contributed by atoms with van der Waals surface area (Å²) < 4.78 is 4.41. The molecule has 0 bridgehead atoms. The molecule has 0 aliphatic heterocycles. The van der Waals surface area contributed by atoms with Crippen LogP contribution in [0.15, 0.2) is 0 Å². The third-order valence-electron chi connectivity index (χ3n) is 1.25. The fourth-order valence-corrected chi connectivity index (χ4v) is 0.499. The molecule has 0 rings (SSSR count). The Morgan fingerprint density at radius 1 is 1.23 bits per heavy atom. The van der Waals surface area contributed by atoms with Crippen LogP contribution in [0.5, 0.6) is 0 Å². The highest BCUT2D eigenvalue weighted by Crippen LogP contribution is 2.05. The summed E-state index contributed by atoms with van der Waals surface area (Å²) in [6, 6.07) is 0. The van der Waals surface area contributed by atoms with Gasteiger partial charge in [0.2, 0.25) is 0 Å². The molecule has 0 fully saturated rings. The highest BCUT2D eigenvalue weighted by Gasteiger charge is 2.45. The van der Waals surface area contributed by atoms with Gasteiger partial charge in [-0.3, -0.25) is 0 Å². The van der Waals surface area contributed by atoms with Crippen LogP contribution in [0, 0.1) is 0 Å². The number of aliphatic hydroxyl groups excluding tert-OH is 1. The molecule has 0 aliphatic carbocycles. The molecule has 4 N–H and O–H groups in total. The lowest BCUT2D eigenvalue weighted by Gasteiger charge is -2.17. The maximum Gasteiger partial charge on any atom is 0.350 e. The average molecular weight is 194 g/mol. The van der Waals surface area contributed by atoms with Crippen molar-refractivity contribution in [3.63, 3.8) is 0 Å². The zero-order valence-corrected chi connectivity index (χ0v) is 6.63. The molecular formula is C6H10O7. The predicted molar refractivity (Wildman–Crippen MR) is 38.1 cm³/mol. The summed E-state index contributed by atoms with van der Waals surface area (Å²) in [6.45, 7) is -1.52. The van der Waals surface area contributed by atoms with E-state index in [4.69, 9.17) is 20.4 Å². The van der Waals surface area contributed by atoms with Gasteiger partial charge in [0.25, 0.3) is 5.60 Å². The van der Waals surface area contributed by atoms with Crippen LogP contribution >= 0.6 is 0 Å². The number of aliphatic carboxylic acids is 2.